The van der Waals surface area contributed by atoms with Crippen LogP contribution in [0.1, 0.15) is 96.1 Å². The summed E-state index contributed by atoms with van der Waals surface area (Å²) in [5.41, 5.74) is 17.7. The first-order valence-corrected chi connectivity index (χ1v) is 27.4. The van der Waals surface area contributed by atoms with Gasteiger partial charge in [0.15, 0.2) is 0 Å². The first kappa shape index (κ1) is 65.0. The van der Waals surface area contributed by atoms with E-state index in [0.717, 1.165) is 4.90 Å². The van der Waals surface area contributed by atoms with Gasteiger partial charge in [0.2, 0.25) is 53.2 Å². The molecule has 0 bridgehead atoms. The van der Waals surface area contributed by atoms with Crippen LogP contribution in [0.15, 0.2) is 54.6 Å². The van der Waals surface area contributed by atoms with Gasteiger partial charge in [-0.25, -0.2) is 9.59 Å². The van der Waals surface area contributed by atoms with Gasteiger partial charge in [0.05, 0.1) is 12.1 Å². The third kappa shape index (κ3) is 19.7. The van der Waals surface area contributed by atoms with Gasteiger partial charge in [0.1, 0.15) is 54.1 Å². The number of carboxylic acid groups (broad SMARTS) is 1. The summed E-state index contributed by atoms with van der Waals surface area (Å²) >= 11 is 3.99. The number of hydrogen-bond acceptors (Lipinski definition) is 15. The van der Waals surface area contributed by atoms with Crippen LogP contribution in [0.2, 0.25) is 0 Å². The summed E-state index contributed by atoms with van der Waals surface area (Å²) in [6.07, 6.45) is -0.623. The summed E-state index contributed by atoms with van der Waals surface area (Å²) < 4.78 is 0. The average Bonchev–Trinajstić information content (AvgIpc) is 4.08. The molecule has 26 nitrogen and oxygen atoms in total. The number of carbonyl (C=O) groups excluding carboxylic acids is 10. The zero-order chi connectivity index (χ0) is 59.2. The van der Waals surface area contributed by atoms with Crippen molar-refractivity contribution < 1.29 is 68.1 Å². The fourth-order valence-electron chi connectivity index (χ4n) is 9.38. The van der Waals surface area contributed by atoms with Crippen molar-refractivity contribution in [1.29, 1.82) is 0 Å². The van der Waals surface area contributed by atoms with E-state index in [2.05, 4.69) is 49.8 Å². The third-order valence-corrected chi connectivity index (χ3v) is 14.4. The van der Waals surface area contributed by atoms with Crippen LogP contribution in [0.5, 0.6) is 5.75 Å². The Morgan fingerprint density at radius 3 is 1.88 bits per heavy atom. The smallest absolute Gasteiger partial charge is 0.327 e. The fourth-order valence-corrected chi connectivity index (χ4v) is 9.63. The minimum absolute atomic E-state index is 0.0479. The number of aliphatic carboxylic acids is 1. The maximum Gasteiger partial charge on any atom is 0.327 e. The molecule has 80 heavy (non-hydrogen) atoms. The Morgan fingerprint density at radius 2 is 1.27 bits per heavy atom. The van der Waals surface area contributed by atoms with E-state index in [4.69, 9.17) is 17.2 Å². The van der Waals surface area contributed by atoms with Gasteiger partial charge in [-0.2, -0.15) is 12.6 Å². The van der Waals surface area contributed by atoms with Crippen LogP contribution < -0.4 is 54.4 Å². The van der Waals surface area contributed by atoms with Gasteiger partial charge in [0.25, 0.3) is 0 Å². The Balaban J connectivity index is 1.60. The lowest BCUT2D eigenvalue weighted by Crippen LogP contribution is -2.61. The van der Waals surface area contributed by atoms with E-state index < -0.39 is 132 Å². The molecular formula is C53H78N12O14S. The summed E-state index contributed by atoms with van der Waals surface area (Å²) in [7, 11) is 0. The molecule has 4 rings (SSSR count). The van der Waals surface area contributed by atoms with E-state index >= 15 is 0 Å². The molecule has 2 saturated heterocycles. The number of carbonyl (C=O) groups is 11. The molecule has 2 fully saturated rings. The number of hydrogen-bond donors (Lipinski definition) is 14. The zero-order valence-electron chi connectivity index (χ0n) is 45.3. The standard InChI is InChI=1S/C53H78N12O14S/c1-4-11-35(45(70)62-39(28-80)52(77)78)59-49(74)43(29(3)5-2)63-48(73)41-26-33(67)27-65(41)51(76)40-15-10-23-64(40)50(75)38(25-30-12-7-6-8-13-30)61-47(72)37(24-31-16-18-32(66)19-17-31)60-46(71)36(20-21-42(55)68)58-44(69)34(54)14-9-22-57-53(56)79/h6-8,12-13,16-19,29,33-41,43,66-67,80H,4-5,9-11,14-15,20-28,54H2,1-3H3,(H2,55,68)(H,58,69)(H,59,74)(H,60,71)(H,61,72)(H,62,70)(H,63,73)(H,77,78)(H3,56,57,79)/t29-,33+,34-,35-,36-,37-,38-,39-,40-,41-,43-/m0/s1. The van der Waals surface area contributed by atoms with Crippen molar-refractivity contribution in [2.75, 3.05) is 25.4 Å². The topological polar surface area (TPSA) is 417 Å². The number of nitrogens with zero attached hydrogens (tertiary/aromatic N) is 2. The number of aliphatic hydroxyl groups excluding tert-OH is 1. The Hall–Kier alpha value is -7.52. The molecule has 11 amide bonds. The van der Waals surface area contributed by atoms with Crippen LogP contribution in [0.4, 0.5) is 4.79 Å². The van der Waals surface area contributed by atoms with Crippen LogP contribution in [0, 0.1) is 5.92 Å². The molecule has 27 heteroatoms. The number of primary amides is 2. The summed E-state index contributed by atoms with van der Waals surface area (Å²) in [6.45, 7) is 5.11. The highest BCUT2D eigenvalue weighted by Gasteiger charge is 2.47. The number of benzene rings is 2. The van der Waals surface area contributed by atoms with Crippen molar-refractivity contribution in [3.63, 3.8) is 0 Å². The molecule has 0 saturated carbocycles. The number of nitrogens with two attached hydrogens (primary N) is 3. The van der Waals surface area contributed by atoms with Crippen molar-refractivity contribution >= 4 is 77.8 Å². The molecule has 2 aromatic carbocycles. The minimum atomic E-state index is -1.47. The SMILES string of the molecule is CCC[C@H](NC(=O)[C@@H](NC(=O)[C@@H]1C[C@@H](O)CN1C(=O)[C@@H]1CCCN1C(=O)[C@H](Cc1ccccc1)NC(=O)[C@H](Cc1ccc(O)cc1)NC(=O)[C@H](CCC(N)=O)NC(=O)[C@@H](N)CCCNC(N)=O)[C@@H](C)CC)C(=O)N[C@@H](CS)C(=O)O. The molecule has 2 heterocycles. The molecule has 2 aliphatic rings. The number of urea groups is 1. The predicted octanol–water partition coefficient (Wildman–Crippen LogP) is -2.06. The van der Waals surface area contributed by atoms with Gasteiger partial charge in [-0.3, -0.25) is 43.2 Å². The Bertz CT molecular complexity index is 2490. The number of rotatable bonds is 31. The monoisotopic (exact) mass is 1140 g/mol. The zero-order valence-corrected chi connectivity index (χ0v) is 46.2. The number of carboxylic acids is 1. The maximum absolute atomic E-state index is 15.0. The number of phenols is 1. The molecule has 16 N–H and O–H groups in total. The molecule has 0 aromatic heterocycles. The predicted molar refractivity (Wildman–Crippen MR) is 293 cm³/mol. The first-order chi connectivity index (χ1) is 38.0. The Morgan fingerprint density at radius 1 is 0.700 bits per heavy atom. The van der Waals surface area contributed by atoms with Gasteiger partial charge >= 0.3 is 12.0 Å². The number of aliphatic hydroxyl groups is 1. The molecule has 0 unspecified atom stereocenters. The molecule has 2 aliphatic heterocycles. The summed E-state index contributed by atoms with van der Waals surface area (Å²) in [6, 6.07) is 1.92. The molecule has 2 aromatic rings. The average molecular weight is 1140 g/mol. The van der Waals surface area contributed by atoms with E-state index in [0.29, 0.717) is 30.4 Å². The fraction of sp³-hybridized carbons (Fsp3) is 0.566. The number of thiol groups is 1. The number of aromatic hydroxyl groups is 1. The van der Waals surface area contributed by atoms with Crippen LogP contribution in [0.25, 0.3) is 0 Å². The van der Waals surface area contributed by atoms with Crippen LogP contribution in [0.3, 0.4) is 0 Å². The second-order valence-corrected chi connectivity index (χ2v) is 20.5. The molecule has 0 spiro atoms. The number of nitrogens with one attached hydrogen (secondary N) is 7. The van der Waals surface area contributed by atoms with Crippen molar-refractivity contribution in [2.45, 2.75) is 158 Å². The Labute approximate surface area is 469 Å². The van der Waals surface area contributed by atoms with Gasteiger partial charge in [-0.05, 0) is 67.7 Å². The third-order valence-electron chi connectivity index (χ3n) is 14.0. The second kappa shape index (κ2) is 31.9. The molecule has 11 atom stereocenters. The Kier molecular flexibility index (Phi) is 25.9. The minimum Gasteiger partial charge on any atom is -0.508 e. The van der Waals surface area contributed by atoms with Gasteiger partial charge in [0, 0.05) is 51.1 Å². The van der Waals surface area contributed by atoms with Gasteiger partial charge in [-0.1, -0.05) is 76.1 Å². The van der Waals surface area contributed by atoms with Crippen molar-refractivity contribution in [3.05, 3.63) is 65.7 Å². The summed E-state index contributed by atoms with van der Waals surface area (Å²) in [4.78, 5) is 150. The van der Waals surface area contributed by atoms with Gasteiger partial charge in [-0.15, -0.1) is 0 Å². The van der Waals surface area contributed by atoms with Crippen LogP contribution in [-0.4, -0.2) is 176 Å². The summed E-state index contributed by atoms with van der Waals surface area (Å²) in [5.74, 6) is -9.14. The van der Waals surface area contributed by atoms with Crippen molar-refractivity contribution in [2.24, 2.45) is 23.1 Å². The lowest BCUT2D eigenvalue weighted by Gasteiger charge is -2.34. The van der Waals surface area contributed by atoms with E-state index in [-0.39, 0.29) is 88.9 Å². The van der Waals surface area contributed by atoms with Crippen LogP contribution in [-0.2, 0) is 60.8 Å². The number of amides is 11. The van der Waals surface area contributed by atoms with Crippen molar-refractivity contribution in [1.82, 2.24) is 47.0 Å². The van der Waals surface area contributed by atoms with Crippen LogP contribution >= 0.6 is 12.6 Å². The molecular weight excluding hydrogens is 1060 g/mol. The van der Waals surface area contributed by atoms with E-state index in [1.165, 1.54) is 29.2 Å². The number of phenolic OH excluding ortho intramolecular Hbond substituents is 1. The lowest BCUT2D eigenvalue weighted by molar-refractivity contribution is -0.148. The second-order valence-electron chi connectivity index (χ2n) is 20.2. The lowest BCUT2D eigenvalue weighted by atomic mass is 9.97. The van der Waals surface area contributed by atoms with E-state index in [9.17, 15) is 68.1 Å². The van der Waals surface area contributed by atoms with E-state index in [1.54, 1.807) is 51.1 Å². The molecule has 440 valence electrons. The molecule has 0 radical (unpaired) electrons. The van der Waals surface area contributed by atoms with Crippen molar-refractivity contribution in [3.8, 4) is 5.75 Å². The highest BCUT2D eigenvalue weighted by molar-refractivity contribution is 7.80. The molecule has 0 aliphatic carbocycles. The normalized spacial score (nSPS) is 18.9. The number of β-amino-alcohol motifs (C(OH)–C–C–N with tert-alkyl or cyclic N) is 1. The summed E-state index contributed by atoms with van der Waals surface area (Å²) in [5, 5.41) is 48.5. The highest BCUT2D eigenvalue weighted by atomic mass is 32.1. The first-order valence-electron chi connectivity index (χ1n) is 26.8. The quantitative estimate of drug-likeness (QED) is 0.0285. The van der Waals surface area contributed by atoms with Gasteiger partial charge < -0.3 is 79.5 Å². The van der Waals surface area contributed by atoms with E-state index in [1.807, 2.05) is 0 Å². The largest absolute Gasteiger partial charge is 0.508 e. The number of likely N-dealkylation sites (tertiary alicyclic amines) is 2. The highest BCUT2D eigenvalue weighted by Crippen LogP contribution is 2.27. The maximum atomic E-state index is 15.0.